The number of alkyl halides is 6. The van der Waals surface area contributed by atoms with Crippen LogP contribution in [0.15, 0.2) is 35.1 Å². The Kier molecular flexibility index (Phi) is 4.50. The van der Waals surface area contributed by atoms with Crippen LogP contribution in [0.4, 0.5) is 26.3 Å². The fraction of sp³-hybridized carbons (Fsp3) is 0.133. The topological polar surface area (TPSA) is 67.1 Å². The number of fused-ring (bicyclic) bond motifs is 1. The molecule has 3 aromatic rings. The number of imidazole rings is 1. The van der Waals surface area contributed by atoms with Crippen molar-refractivity contribution >= 4 is 22.6 Å². The molecule has 5 nitrogen and oxygen atoms in total. The number of aromatic nitrogens is 2. The van der Waals surface area contributed by atoms with Gasteiger partial charge in [0.05, 0.1) is 10.5 Å². The predicted molar refractivity (Wildman–Crippen MR) is 82.7 cm³/mol. The zero-order valence-corrected chi connectivity index (χ0v) is 13.5. The van der Waals surface area contributed by atoms with E-state index >= 15 is 0 Å². The van der Waals surface area contributed by atoms with Gasteiger partial charge >= 0.3 is 18.4 Å². The highest BCUT2D eigenvalue weighted by atomic mass is 35.5. The number of H-pyrrole nitrogens is 2. The van der Waals surface area contributed by atoms with Gasteiger partial charge in [0.2, 0.25) is 0 Å². The first kappa shape index (κ1) is 19.0. The molecule has 0 aliphatic rings. The molecule has 0 amide bonds. The fourth-order valence-electron chi connectivity index (χ4n) is 2.45. The molecule has 0 bridgehead atoms. The van der Waals surface area contributed by atoms with Crippen LogP contribution in [0.25, 0.3) is 22.2 Å². The standard InChI is InChI=1S/C15H7ClF6N2O3/c16-7-2-1-3-9(26-14(17,18)19)11(7)6-4-8-12(24-13(25)23-8)10(5-6)27-15(20,21)22/h1-5H,(H2,23,24,25). The van der Waals surface area contributed by atoms with E-state index in [1.807, 2.05) is 0 Å². The Hall–Kier alpha value is -2.82. The number of aromatic amines is 2. The molecule has 3 rings (SSSR count). The minimum atomic E-state index is -5.11. The molecule has 27 heavy (non-hydrogen) atoms. The van der Waals surface area contributed by atoms with Gasteiger partial charge in [0.25, 0.3) is 0 Å². The normalized spacial score (nSPS) is 12.4. The van der Waals surface area contributed by atoms with Crippen molar-refractivity contribution < 1.29 is 35.8 Å². The average molecular weight is 413 g/mol. The Morgan fingerprint density at radius 3 is 2.15 bits per heavy atom. The first-order chi connectivity index (χ1) is 12.4. The number of ether oxygens (including phenoxy) is 2. The monoisotopic (exact) mass is 412 g/mol. The quantitative estimate of drug-likeness (QED) is 0.597. The molecule has 2 aromatic carbocycles. The Labute approximate surface area is 150 Å². The summed E-state index contributed by atoms with van der Waals surface area (Å²) in [4.78, 5) is 15.8. The van der Waals surface area contributed by atoms with E-state index in [1.54, 1.807) is 0 Å². The van der Waals surface area contributed by atoms with Crippen LogP contribution in [0.2, 0.25) is 5.02 Å². The predicted octanol–water partition coefficient (Wildman–Crippen LogP) is 4.97. The van der Waals surface area contributed by atoms with Gasteiger partial charge in [-0.3, -0.25) is 0 Å². The van der Waals surface area contributed by atoms with Crippen molar-refractivity contribution in [3.05, 3.63) is 45.8 Å². The summed E-state index contributed by atoms with van der Waals surface area (Å²) in [5, 5.41) is -0.216. The maximum absolute atomic E-state index is 12.7. The zero-order chi connectivity index (χ0) is 20.0. The molecule has 0 atom stereocenters. The summed E-state index contributed by atoms with van der Waals surface area (Å²) in [7, 11) is 0. The Morgan fingerprint density at radius 2 is 1.52 bits per heavy atom. The molecule has 0 fully saturated rings. The highest BCUT2D eigenvalue weighted by molar-refractivity contribution is 6.33. The van der Waals surface area contributed by atoms with E-state index in [1.165, 1.54) is 12.1 Å². The van der Waals surface area contributed by atoms with Gasteiger partial charge in [-0.15, -0.1) is 26.3 Å². The minimum absolute atomic E-state index is 0.130. The van der Waals surface area contributed by atoms with E-state index in [2.05, 4.69) is 19.4 Å². The van der Waals surface area contributed by atoms with E-state index in [0.29, 0.717) is 0 Å². The van der Waals surface area contributed by atoms with Crippen molar-refractivity contribution in [2.75, 3.05) is 0 Å². The van der Waals surface area contributed by atoms with E-state index in [-0.39, 0.29) is 27.2 Å². The molecular formula is C15H7ClF6N2O3. The molecule has 0 saturated heterocycles. The van der Waals surface area contributed by atoms with Gasteiger partial charge in [0.1, 0.15) is 11.3 Å². The lowest BCUT2D eigenvalue weighted by molar-refractivity contribution is -0.275. The summed E-state index contributed by atoms with van der Waals surface area (Å²) in [6, 6.07) is 5.29. The lowest BCUT2D eigenvalue weighted by Gasteiger charge is -2.16. The number of benzene rings is 2. The molecule has 2 N–H and O–H groups in total. The number of halogens is 7. The molecule has 12 heteroatoms. The molecule has 144 valence electrons. The van der Waals surface area contributed by atoms with E-state index < -0.39 is 29.9 Å². The van der Waals surface area contributed by atoms with Crippen molar-refractivity contribution in [3.63, 3.8) is 0 Å². The molecule has 1 aromatic heterocycles. The molecule has 0 saturated carbocycles. The van der Waals surface area contributed by atoms with Crippen molar-refractivity contribution in [2.45, 2.75) is 12.7 Å². The molecule has 0 aliphatic heterocycles. The summed E-state index contributed by atoms with van der Waals surface area (Å²) in [5.41, 5.74) is -1.80. The van der Waals surface area contributed by atoms with Gasteiger partial charge in [-0.25, -0.2) is 4.79 Å². The third kappa shape index (κ3) is 4.30. The number of nitrogens with one attached hydrogen (secondary N) is 2. The second-order valence-corrected chi connectivity index (χ2v) is 5.59. The highest BCUT2D eigenvalue weighted by Gasteiger charge is 2.34. The van der Waals surface area contributed by atoms with Crippen molar-refractivity contribution in [3.8, 4) is 22.6 Å². The summed E-state index contributed by atoms with van der Waals surface area (Å²) in [6.07, 6.45) is -10.2. The van der Waals surface area contributed by atoms with Crippen molar-refractivity contribution in [1.29, 1.82) is 0 Å². The second-order valence-electron chi connectivity index (χ2n) is 5.18. The van der Waals surface area contributed by atoms with Gasteiger partial charge in [-0.1, -0.05) is 17.7 Å². The van der Waals surface area contributed by atoms with Gasteiger partial charge in [0.15, 0.2) is 5.75 Å². The van der Waals surface area contributed by atoms with E-state index in [9.17, 15) is 31.1 Å². The molecular weight excluding hydrogens is 406 g/mol. The largest absolute Gasteiger partial charge is 0.573 e. The van der Waals surface area contributed by atoms with Crippen LogP contribution in [-0.2, 0) is 0 Å². The zero-order valence-electron chi connectivity index (χ0n) is 12.8. The fourth-order valence-corrected chi connectivity index (χ4v) is 2.73. The summed E-state index contributed by atoms with van der Waals surface area (Å²) < 4.78 is 83.7. The van der Waals surface area contributed by atoms with Gasteiger partial charge in [0, 0.05) is 5.56 Å². The molecule has 0 spiro atoms. The Bertz CT molecular complexity index is 1050. The summed E-state index contributed by atoms with van der Waals surface area (Å²) >= 11 is 5.94. The van der Waals surface area contributed by atoms with E-state index in [4.69, 9.17) is 11.6 Å². The smallest absolute Gasteiger partial charge is 0.405 e. The molecule has 0 radical (unpaired) electrons. The summed E-state index contributed by atoms with van der Waals surface area (Å²) in [6.45, 7) is 0. The molecule has 0 unspecified atom stereocenters. The molecule has 1 heterocycles. The highest BCUT2D eigenvalue weighted by Crippen LogP contribution is 2.42. The van der Waals surface area contributed by atoms with Crippen LogP contribution < -0.4 is 15.2 Å². The van der Waals surface area contributed by atoms with Gasteiger partial charge < -0.3 is 19.4 Å². The Balaban J connectivity index is 2.25. The van der Waals surface area contributed by atoms with Crippen molar-refractivity contribution in [2.24, 2.45) is 0 Å². The number of hydrogen-bond acceptors (Lipinski definition) is 3. The van der Waals surface area contributed by atoms with Crippen LogP contribution in [0.3, 0.4) is 0 Å². The van der Waals surface area contributed by atoms with Crippen LogP contribution in [0.1, 0.15) is 0 Å². The lowest BCUT2D eigenvalue weighted by Crippen LogP contribution is -2.18. The molecule has 0 aliphatic carbocycles. The first-order valence-electron chi connectivity index (χ1n) is 6.99. The third-order valence-corrected chi connectivity index (χ3v) is 3.62. The van der Waals surface area contributed by atoms with E-state index in [0.717, 1.165) is 18.2 Å². The SMILES string of the molecule is O=c1[nH]c2cc(-c3c(Cl)cccc3OC(F)(F)F)cc(OC(F)(F)F)c2[nH]1. The first-order valence-corrected chi connectivity index (χ1v) is 7.37. The lowest BCUT2D eigenvalue weighted by atomic mass is 10.0. The minimum Gasteiger partial charge on any atom is -0.405 e. The number of hydrogen-bond donors (Lipinski definition) is 2. The van der Waals surface area contributed by atoms with Crippen LogP contribution >= 0.6 is 11.6 Å². The van der Waals surface area contributed by atoms with Crippen molar-refractivity contribution in [1.82, 2.24) is 9.97 Å². The number of rotatable bonds is 3. The average Bonchev–Trinajstić information content (AvgIpc) is 2.84. The summed E-state index contributed by atoms with van der Waals surface area (Å²) in [5.74, 6) is -1.56. The Morgan fingerprint density at radius 1 is 0.889 bits per heavy atom. The van der Waals surface area contributed by atoms with Crippen LogP contribution in [0, 0.1) is 0 Å². The van der Waals surface area contributed by atoms with Gasteiger partial charge in [-0.05, 0) is 29.8 Å². The van der Waals surface area contributed by atoms with Crippen LogP contribution in [0.5, 0.6) is 11.5 Å². The third-order valence-electron chi connectivity index (χ3n) is 3.30. The second kappa shape index (κ2) is 6.41. The maximum Gasteiger partial charge on any atom is 0.573 e. The van der Waals surface area contributed by atoms with Gasteiger partial charge in [-0.2, -0.15) is 0 Å². The van der Waals surface area contributed by atoms with Crippen LogP contribution in [-0.4, -0.2) is 22.7 Å². The maximum atomic E-state index is 12.7.